The second-order valence-electron chi connectivity index (χ2n) is 7.66. The minimum Gasteiger partial charge on any atom is -0.374 e. The van der Waals surface area contributed by atoms with Gasteiger partial charge in [-0.15, -0.1) is 68.0 Å². The summed E-state index contributed by atoms with van der Waals surface area (Å²) in [5.74, 6) is 0. The second-order valence-corrected chi connectivity index (χ2v) is 13.6. The second kappa shape index (κ2) is 8.96. The van der Waals surface area contributed by atoms with Gasteiger partial charge in [-0.05, 0) is 70.1 Å². The van der Waals surface area contributed by atoms with Crippen molar-refractivity contribution in [2.75, 3.05) is 0 Å². The van der Waals surface area contributed by atoms with E-state index in [1.807, 2.05) is 82.2 Å². The normalized spacial score (nSPS) is 12.4. The molecule has 2 N–H and O–H groups in total. The number of thiophene rings is 6. The molecule has 0 aliphatic rings. The molecule has 170 valence electrons. The average molecular weight is 555 g/mol. The van der Waals surface area contributed by atoms with Crippen molar-refractivity contribution >= 4 is 68.0 Å². The Hall–Kier alpha value is -1.88. The molecule has 34 heavy (non-hydrogen) atoms. The summed E-state index contributed by atoms with van der Waals surface area (Å²) in [6.45, 7) is 0. The van der Waals surface area contributed by atoms with Crippen LogP contribution in [0, 0.1) is 0 Å². The fourth-order valence-corrected chi connectivity index (χ4v) is 10.1. The minimum atomic E-state index is -1.15. The molecule has 0 atom stereocenters. The maximum Gasteiger partial charge on any atom is 0.167 e. The van der Waals surface area contributed by atoms with E-state index in [1.165, 1.54) is 0 Å². The summed E-state index contributed by atoms with van der Waals surface area (Å²) in [5.41, 5.74) is -2.31. The molecule has 8 heteroatoms. The predicted molar refractivity (Wildman–Crippen MR) is 149 cm³/mol. The fourth-order valence-electron chi connectivity index (χ4n) is 4.00. The molecular formula is C26H18O2S6. The molecule has 0 amide bonds. The van der Waals surface area contributed by atoms with E-state index in [4.69, 9.17) is 0 Å². The SMILES string of the molecule is OC(c1cccs1)(c1cccs1)c1ccc(-c2ccc(C(O)(c3cccs3)c3cccs3)s2)s1. The molecule has 6 aromatic heterocycles. The highest BCUT2D eigenvalue weighted by molar-refractivity contribution is 7.23. The van der Waals surface area contributed by atoms with Crippen molar-refractivity contribution < 1.29 is 10.2 Å². The Balaban J connectivity index is 1.41. The summed E-state index contributed by atoms with van der Waals surface area (Å²) in [7, 11) is 0. The summed E-state index contributed by atoms with van der Waals surface area (Å²) < 4.78 is 0. The summed E-state index contributed by atoms with van der Waals surface area (Å²) in [5, 5.41) is 31.9. The maximum atomic E-state index is 11.9. The van der Waals surface area contributed by atoms with E-state index in [9.17, 15) is 10.2 Å². The number of aliphatic hydroxyl groups is 2. The molecule has 0 radical (unpaired) electrons. The van der Waals surface area contributed by atoms with Gasteiger partial charge in [0, 0.05) is 39.0 Å². The van der Waals surface area contributed by atoms with Crippen LogP contribution in [0.2, 0.25) is 0 Å². The van der Waals surface area contributed by atoms with Crippen molar-refractivity contribution in [1.82, 2.24) is 0 Å². The van der Waals surface area contributed by atoms with Crippen LogP contribution in [0.5, 0.6) is 0 Å². The molecule has 6 aromatic rings. The van der Waals surface area contributed by atoms with Crippen LogP contribution in [0.15, 0.2) is 94.3 Å². The molecule has 2 nitrogen and oxygen atoms in total. The lowest BCUT2D eigenvalue weighted by Crippen LogP contribution is -2.25. The highest BCUT2D eigenvalue weighted by atomic mass is 32.1. The van der Waals surface area contributed by atoms with Crippen molar-refractivity contribution in [2.45, 2.75) is 11.2 Å². The molecule has 0 bridgehead atoms. The van der Waals surface area contributed by atoms with Gasteiger partial charge in [0.2, 0.25) is 0 Å². The third kappa shape index (κ3) is 3.61. The minimum absolute atomic E-state index is 0.897. The third-order valence-corrected chi connectivity index (χ3v) is 12.2. The molecule has 0 fully saturated rings. The first kappa shape index (κ1) is 22.6. The standard InChI is InChI=1S/C26H18O2S6/c27-25(19-5-1-13-29-19,20-6-2-14-30-20)23-11-9-17(33-23)18-10-12-24(34-18)26(28,21-7-3-15-31-21)22-8-4-16-32-22/h1-16,27-28H. The van der Waals surface area contributed by atoms with Gasteiger partial charge in [0.1, 0.15) is 0 Å². The van der Waals surface area contributed by atoms with Crippen LogP contribution in [0.4, 0.5) is 0 Å². The lowest BCUT2D eigenvalue weighted by molar-refractivity contribution is 0.137. The van der Waals surface area contributed by atoms with E-state index in [-0.39, 0.29) is 0 Å². The van der Waals surface area contributed by atoms with Crippen molar-refractivity contribution in [1.29, 1.82) is 0 Å². The van der Waals surface area contributed by atoms with Gasteiger partial charge in [0.05, 0.1) is 0 Å². The first-order valence-electron chi connectivity index (χ1n) is 10.4. The van der Waals surface area contributed by atoms with Crippen molar-refractivity contribution in [3.05, 3.63) is 124 Å². The van der Waals surface area contributed by atoms with Gasteiger partial charge in [-0.3, -0.25) is 0 Å². The van der Waals surface area contributed by atoms with Gasteiger partial charge in [0.15, 0.2) is 11.2 Å². The van der Waals surface area contributed by atoms with Crippen LogP contribution in [0.1, 0.15) is 29.3 Å². The van der Waals surface area contributed by atoms with E-state index in [2.05, 4.69) is 12.1 Å². The molecule has 0 aliphatic carbocycles. The van der Waals surface area contributed by atoms with Gasteiger partial charge >= 0.3 is 0 Å². The van der Waals surface area contributed by atoms with Crippen LogP contribution in [0.25, 0.3) is 9.75 Å². The molecule has 0 spiro atoms. The molecule has 6 heterocycles. The zero-order valence-corrected chi connectivity index (χ0v) is 22.5. The summed E-state index contributed by atoms with van der Waals surface area (Å²) in [6, 6.07) is 24.1. The molecule has 0 unspecified atom stereocenters. The molecule has 0 saturated carbocycles. The highest BCUT2D eigenvalue weighted by Crippen LogP contribution is 2.49. The lowest BCUT2D eigenvalue weighted by atomic mass is 9.97. The van der Waals surface area contributed by atoms with E-state index in [0.29, 0.717) is 0 Å². The van der Waals surface area contributed by atoms with Crippen molar-refractivity contribution in [2.24, 2.45) is 0 Å². The molecule has 0 aromatic carbocycles. The summed E-state index contributed by atoms with van der Waals surface area (Å²) in [4.78, 5) is 7.62. The van der Waals surface area contributed by atoms with Crippen molar-refractivity contribution in [3.8, 4) is 9.75 Å². The van der Waals surface area contributed by atoms with Crippen molar-refractivity contribution in [3.63, 3.8) is 0 Å². The predicted octanol–water partition coefficient (Wildman–Crippen LogP) is 8.29. The Morgan fingerprint density at radius 2 is 0.735 bits per heavy atom. The van der Waals surface area contributed by atoms with Crippen LogP contribution in [-0.4, -0.2) is 10.2 Å². The maximum absolute atomic E-state index is 11.9. The van der Waals surface area contributed by atoms with E-state index < -0.39 is 11.2 Å². The molecule has 0 aliphatic heterocycles. The topological polar surface area (TPSA) is 40.5 Å². The Morgan fingerprint density at radius 1 is 0.412 bits per heavy atom. The molecular weight excluding hydrogens is 537 g/mol. The summed E-state index contributed by atoms with van der Waals surface area (Å²) >= 11 is 9.48. The van der Waals surface area contributed by atoms with Crippen LogP contribution >= 0.6 is 68.0 Å². The van der Waals surface area contributed by atoms with Crippen LogP contribution in [-0.2, 0) is 11.2 Å². The van der Waals surface area contributed by atoms with E-state index >= 15 is 0 Å². The Bertz CT molecular complexity index is 1290. The smallest absolute Gasteiger partial charge is 0.167 e. The summed E-state index contributed by atoms with van der Waals surface area (Å²) in [6.07, 6.45) is 0. The largest absolute Gasteiger partial charge is 0.374 e. The zero-order valence-electron chi connectivity index (χ0n) is 17.6. The quantitative estimate of drug-likeness (QED) is 0.208. The zero-order chi connectivity index (χ0) is 23.2. The lowest BCUT2D eigenvalue weighted by Gasteiger charge is -2.25. The van der Waals surface area contributed by atoms with Gasteiger partial charge in [0.25, 0.3) is 0 Å². The van der Waals surface area contributed by atoms with Gasteiger partial charge in [-0.1, -0.05) is 24.3 Å². The van der Waals surface area contributed by atoms with Crippen LogP contribution < -0.4 is 0 Å². The van der Waals surface area contributed by atoms with Gasteiger partial charge in [-0.25, -0.2) is 0 Å². The van der Waals surface area contributed by atoms with Gasteiger partial charge < -0.3 is 10.2 Å². The van der Waals surface area contributed by atoms with E-state index in [0.717, 1.165) is 39.0 Å². The average Bonchev–Trinajstić information content (AvgIpc) is 3.73. The first-order valence-corrected chi connectivity index (χ1v) is 15.6. The Labute approximate surface area is 221 Å². The Kier molecular flexibility index (Phi) is 5.95. The first-order chi connectivity index (χ1) is 16.6. The highest BCUT2D eigenvalue weighted by Gasteiger charge is 2.39. The molecule has 0 saturated heterocycles. The number of rotatable bonds is 7. The third-order valence-electron chi connectivity index (χ3n) is 5.68. The fraction of sp³-hybridized carbons (Fsp3) is 0.0769. The van der Waals surface area contributed by atoms with Crippen LogP contribution in [0.3, 0.4) is 0 Å². The molecule has 6 rings (SSSR count). The van der Waals surface area contributed by atoms with Gasteiger partial charge in [-0.2, -0.15) is 0 Å². The number of hydrogen-bond acceptors (Lipinski definition) is 8. The monoisotopic (exact) mass is 554 g/mol. The number of hydrogen-bond donors (Lipinski definition) is 2. The van der Waals surface area contributed by atoms with E-state index in [1.54, 1.807) is 68.0 Å². The Morgan fingerprint density at radius 3 is 1.00 bits per heavy atom.